The number of fused-ring (bicyclic) bond motifs is 1. The van der Waals surface area contributed by atoms with E-state index in [2.05, 4.69) is 35.9 Å². The van der Waals surface area contributed by atoms with E-state index in [-0.39, 0.29) is 34.6 Å². The van der Waals surface area contributed by atoms with Crippen molar-refractivity contribution in [2.24, 2.45) is 10.9 Å². The van der Waals surface area contributed by atoms with Crippen LogP contribution in [0, 0.1) is 5.92 Å². The second-order valence-corrected chi connectivity index (χ2v) is 10.8. The summed E-state index contributed by atoms with van der Waals surface area (Å²) in [5.41, 5.74) is 2.02. The molecule has 0 N–H and O–H groups in total. The van der Waals surface area contributed by atoms with Crippen LogP contribution in [0.25, 0.3) is 0 Å². The highest BCUT2D eigenvalue weighted by atomic mass is 32.2. The molecule has 28 heavy (non-hydrogen) atoms. The van der Waals surface area contributed by atoms with Crippen molar-refractivity contribution >= 4 is 44.0 Å². The van der Waals surface area contributed by atoms with Gasteiger partial charge in [0.2, 0.25) is 0 Å². The number of amidine groups is 1. The first-order valence-corrected chi connectivity index (χ1v) is 12.6. The van der Waals surface area contributed by atoms with Gasteiger partial charge in [-0.2, -0.15) is 4.99 Å². The molecule has 3 rings (SSSR count). The fourth-order valence-corrected chi connectivity index (χ4v) is 7.58. The molecule has 2 aliphatic rings. The number of benzene rings is 1. The topological polar surface area (TPSA) is 70.0 Å². The normalized spacial score (nSPS) is 25.7. The average Bonchev–Trinajstić information content (AvgIpc) is 3.13. The Morgan fingerprint density at radius 3 is 2.43 bits per heavy atom. The maximum atomic E-state index is 12.4. The summed E-state index contributed by atoms with van der Waals surface area (Å²) in [5.74, 6) is -0.0203. The monoisotopic (exact) mass is 423 g/mol. The Kier molecular flexibility index (Phi) is 6.39. The van der Waals surface area contributed by atoms with Crippen molar-refractivity contribution in [3.8, 4) is 0 Å². The molecule has 0 radical (unpaired) electrons. The van der Waals surface area contributed by atoms with Crippen LogP contribution in [0.1, 0.15) is 34.1 Å². The van der Waals surface area contributed by atoms with Crippen molar-refractivity contribution < 1.29 is 13.2 Å². The number of nitrogens with zero attached hydrogens (tertiary/aromatic N) is 3. The largest absolute Gasteiger partial charge is 0.372 e. The number of rotatable bonds is 6. The number of sulfone groups is 1. The van der Waals surface area contributed by atoms with E-state index in [1.807, 2.05) is 30.9 Å². The molecule has 6 nitrogen and oxygen atoms in total. The zero-order valence-corrected chi connectivity index (χ0v) is 18.6. The molecule has 0 saturated carbocycles. The van der Waals surface area contributed by atoms with E-state index in [0.717, 1.165) is 30.9 Å². The van der Waals surface area contributed by atoms with Crippen molar-refractivity contribution in [3.05, 3.63) is 24.3 Å². The zero-order valence-electron chi connectivity index (χ0n) is 17.0. The van der Waals surface area contributed by atoms with Crippen molar-refractivity contribution in [1.82, 2.24) is 0 Å². The lowest BCUT2D eigenvalue weighted by molar-refractivity contribution is -0.121. The molecule has 2 aliphatic heterocycles. The molecular formula is C20H29N3O3S2. The van der Waals surface area contributed by atoms with Gasteiger partial charge in [0.1, 0.15) is 0 Å². The van der Waals surface area contributed by atoms with Crippen LogP contribution in [-0.2, 0) is 14.6 Å². The molecule has 0 spiro atoms. The summed E-state index contributed by atoms with van der Waals surface area (Å²) in [6.45, 7) is 9.93. The molecule has 1 aromatic carbocycles. The third-order valence-electron chi connectivity index (χ3n) is 5.56. The zero-order chi connectivity index (χ0) is 20.5. The van der Waals surface area contributed by atoms with E-state index in [1.54, 1.807) is 0 Å². The molecule has 3 atom stereocenters. The summed E-state index contributed by atoms with van der Waals surface area (Å²) in [7, 11) is -3.06. The third-order valence-corrected chi connectivity index (χ3v) is 8.77. The van der Waals surface area contributed by atoms with Gasteiger partial charge in [0.15, 0.2) is 15.0 Å². The Morgan fingerprint density at radius 2 is 1.86 bits per heavy atom. The van der Waals surface area contributed by atoms with Gasteiger partial charge in [-0.1, -0.05) is 25.6 Å². The summed E-state index contributed by atoms with van der Waals surface area (Å²) >= 11 is 1.43. The fourth-order valence-electron chi connectivity index (χ4n) is 3.66. The highest BCUT2D eigenvalue weighted by Gasteiger charge is 2.49. The number of amides is 1. The van der Waals surface area contributed by atoms with Crippen LogP contribution < -0.4 is 9.80 Å². The number of anilines is 2. The first-order valence-electron chi connectivity index (χ1n) is 9.93. The minimum Gasteiger partial charge on any atom is -0.372 e. The van der Waals surface area contributed by atoms with E-state index in [1.165, 1.54) is 11.8 Å². The van der Waals surface area contributed by atoms with Crippen LogP contribution in [0.3, 0.4) is 0 Å². The predicted molar refractivity (Wildman–Crippen MR) is 118 cm³/mol. The molecule has 0 aromatic heterocycles. The van der Waals surface area contributed by atoms with Crippen LogP contribution in [0.5, 0.6) is 0 Å². The molecular weight excluding hydrogens is 394 g/mol. The van der Waals surface area contributed by atoms with E-state index in [0.29, 0.717) is 5.17 Å². The van der Waals surface area contributed by atoms with Crippen molar-refractivity contribution in [1.29, 1.82) is 0 Å². The smallest absolute Gasteiger partial charge is 0.250 e. The molecule has 154 valence electrons. The summed E-state index contributed by atoms with van der Waals surface area (Å²) in [6.07, 6.45) is 0.736. The number of carbonyl (C=O) groups excluding carboxylic acids is 1. The van der Waals surface area contributed by atoms with Crippen molar-refractivity contribution in [3.63, 3.8) is 0 Å². The number of hydrogen-bond donors (Lipinski definition) is 0. The SMILES string of the molecule is CC[C@H](C)C(=O)N=C1S[C@@H]2CS(=O)(=O)C[C@H]2N1c1ccc(N(CC)CC)cc1. The minimum atomic E-state index is -3.06. The van der Waals surface area contributed by atoms with E-state index in [4.69, 9.17) is 0 Å². The quantitative estimate of drug-likeness (QED) is 0.700. The lowest BCUT2D eigenvalue weighted by Gasteiger charge is -2.26. The molecule has 0 unspecified atom stereocenters. The van der Waals surface area contributed by atoms with Crippen molar-refractivity contribution in [2.75, 3.05) is 34.4 Å². The first kappa shape index (κ1) is 21.2. The number of aliphatic imine (C=N–C) groups is 1. The van der Waals surface area contributed by atoms with E-state index >= 15 is 0 Å². The third kappa shape index (κ3) is 4.22. The van der Waals surface area contributed by atoms with Gasteiger partial charge in [0.05, 0.1) is 17.5 Å². The van der Waals surface area contributed by atoms with Gasteiger partial charge >= 0.3 is 0 Å². The van der Waals surface area contributed by atoms with Gasteiger partial charge in [0.25, 0.3) is 5.91 Å². The Labute approximate surface area is 172 Å². The Bertz CT molecular complexity index is 848. The molecule has 0 aliphatic carbocycles. The van der Waals surface area contributed by atoms with Gasteiger partial charge in [-0.15, -0.1) is 0 Å². The minimum absolute atomic E-state index is 0.0732. The molecule has 0 bridgehead atoms. The Balaban J connectivity index is 1.95. The van der Waals surface area contributed by atoms with Gasteiger partial charge < -0.3 is 9.80 Å². The van der Waals surface area contributed by atoms with Gasteiger partial charge in [-0.3, -0.25) is 4.79 Å². The second kappa shape index (κ2) is 8.45. The Morgan fingerprint density at radius 1 is 1.21 bits per heavy atom. The van der Waals surface area contributed by atoms with Crippen LogP contribution >= 0.6 is 11.8 Å². The summed E-state index contributed by atoms with van der Waals surface area (Å²) in [5, 5.41) is 0.557. The predicted octanol–water partition coefficient (Wildman–Crippen LogP) is 3.18. The summed E-state index contributed by atoms with van der Waals surface area (Å²) in [4.78, 5) is 21.0. The standard InChI is InChI=1S/C20H29N3O3S2/c1-5-14(4)19(24)21-20-23(17-12-28(25,26)13-18(17)27-20)16-10-8-15(9-11-16)22(6-2)7-3/h8-11,14,17-18H,5-7,12-13H2,1-4H3/t14-,17+,18+/m0/s1. The fraction of sp³-hybridized carbons (Fsp3) is 0.600. The maximum absolute atomic E-state index is 12.4. The van der Waals surface area contributed by atoms with Crippen LogP contribution in [0.2, 0.25) is 0 Å². The van der Waals surface area contributed by atoms with Crippen LogP contribution in [0.4, 0.5) is 11.4 Å². The molecule has 2 heterocycles. The average molecular weight is 424 g/mol. The lowest BCUT2D eigenvalue weighted by Crippen LogP contribution is -2.38. The highest BCUT2D eigenvalue weighted by Crippen LogP contribution is 2.41. The number of hydrogen-bond acceptors (Lipinski definition) is 5. The van der Waals surface area contributed by atoms with Crippen molar-refractivity contribution in [2.45, 2.75) is 45.4 Å². The maximum Gasteiger partial charge on any atom is 0.250 e. The highest BCUT2D eigenvalue weighted by molar-refractivity contribution is 8.16. The first-order chi connectivity index (χ1) is 13.3. The van der Waals surface area contributed by atoms with Crippen LogP contribution in [-0.4, -0.2) is 55.4 Å². The molecule has 2 fully saturated rings. The summed E-state index contributed by atoms with van der Waals surface area (Å²) in [6, 6.07) is 7.95. The van der Waals surface area contributed by atoms with Gasteiger partial charge in [0, 0.05) is 35.6 Å². The van der Waals surface area contributed by atoms with E-state index in [9.17, 15) is 13.2 Å². The van der Waals surface area contributed by atoms with Crippen LogP contribution in [0.15, 0.2) is 29.3 Å². The van der Waals surface area contributed by atoms with E-state index < -0.39 is 9.84 Å². The molecule has 1 amide bonds. The number of thioether (sulfide) groups is 1. The van der Waals surface area contributed by atoms with Gasteiger partial charge in [-0.25, -0.2) is 8.42 Å². The van der Waals surface area contributed by atoms with Gasteiger partial charge in [-0.05, 0) is 44.5 Å². The Hall–Kier alpha value is -1.54. The molecule has 8 heteroatoms. The molecule has 2 saturated heterocycles. The second-order valence-electron chi connectivity index (χ2n) is 7.40. The lowest BCUT2D eigenvalue weighted by atomic mass is 10.1. The number of carbonyl (C=O) groups is 1. The molecule has 1 aromatic rings. The summed E-state index contributed by atoms with van der Waals surface area (Å²) < 4.78 is 24.3.